The molecule has 0 aliphatic rings. The minimum atomic E-state index is 0.603. The van der Waals surface area contributed by atoms with E-state index in [2.05, 4.69) is 30.5 Å². The zero-order valence-electron chi connectivity index (χ0n) is 9.86. The molecule has 86 valence electrons. The van der Waals surface area contributed by atoms with E-state index in [1.165, 1.54) is 17.1 Å². The van der Waals surface area contributed by atoms with Crippen LogP contribution in [0.25, 0.3) is 0 Å². The highest BCUT2D eigenvalue weighted by Crippen LogP contribution is 2.01. The Kier molecular flexibility index (Phi) is 5.79. The van der Waals surface area contributed by atoms with Crippen molar-refractivity contribution in [2.75, 3.05) is 18.1 Å². The first-order valence-corrected chi connectivity index (χ1v) is 6.66. The first-order valence-electron chi connectivity index (χ1n) is 5.51. The van der Waals surface area contributed by atoms with Crippen LogP contribution in [-0.4, -0.2) is 33.9 Å². The molecule has 0 fully saturated rings. The molecule has 1 aromatic rings. The van der Waals surface area contributed by atoms with Gasteiger partial charge in [-0.05, 0) is 31.2 Å². The summed E-state index contributed by atoms with van der Waals surface area (Å²) in [7, 11) is 1.96. The van der Waals surface area contributed by atoms with Gasteiger partial charge in [-0.2, -0.15) is 16.9 Å². The van der Waals surface area contributed by atoms with E-state index in [0.29, 0.717) is 6.04 Å². The summed E-state index contributed by atoms with van der Waals surface area (Å²) in [6, 6.07) is 0.603. The highest BCUT2D eigenvalue weighted by molar-refractivity contribution is 7.99. The van der Waals surface area contributed by atoms with Gasteiger partial charge in [-0.1, -0.05) is 6.92 Å². The largest absolute Gasteiger partial charge is 0.313 e. The lowest BCUT2D eigenvalue weighted by Crippen LogP contribution is -2.30. The van der Waals surface area contributed by atoms with E-state index in [9.17, 15) is 0 Å². The third-order valence-corrected chi connectivity index (χ3v) is 3.38. The van der Waals surface area contributed by atoms with E-state index < -0.39 is 0 Å². The molecular formula is C11H21N3S. The maximum absolute atomic E-state index is 4.15. The topological polar surface area (TPSA) is 29.9 Å². The number of rotatable bonds is 7. The molecule has 0 amide bonds. The van der Waals surface area contributed by atoms with Crippen LogP contribution in [0.2, 0.25) is 0 Å². The quantitative estimate of drug-likeness (QED) is 0.769. The normalized spacial score (nSPS) is 13.0. The molecule has 1 N–H and O–H groups in total. The predicted molar refractivity (Wildman–Crippen MR) is 67.4 cm³/mol. The van der Waals surface area contributed by atoms with E-state index in [-0.39, 0.29) is 0 Å². The van der Waals surface area contributed by atoms with Crippen molar-refractivity contribution in [3.05, 3.63) is 18.0 Å². The summed E-state index contributed by atoms with van der Waals surface area (Å²) in [6.07, 6.45) is 5.08. The van der Waals surface area contributed by atoms with Gasteiger partial charge >= 0.3 is 0 Å². The van der Waals surface area contributed by atoms with Crippen LogP contribution in [0.5, 0.6) is 0 Å². The molecule has 1 heterocycles. The van der Waals surface area contributed by atoms with Gasteiger partial charge in [-0.25, -0.2) is 0 Å². The van der Waals surface area contributed by atoms with E-state index in [1.54, 1.807) is 0 Å². The van der Waals surface area contributed by atoms with Crippen LogP contribution in [0.4, 0.5) is 0 Å². The zero-order valence-corrected chi connectivity index (χ0v) is 10.7. The SMILES string of the molecule is CCSCC(C)NCCc1cnn(C)c1. The second kappa shape index (κ2) is 6.90. The van der Waals surface area contributed by atoms with Crippen molar-refractivity contribution in [2.45, 2.75) is 26.3 Å². The molecular weight excluding hydrogens is 206 g/mol. The summed E-state index contributed by atoms with van der Waals surface area (Å²) in [4.78, 5) is 0. The molecule has 1 unspecified atom stereocenters. The van der Waals surface area contributed by atoms with Crippen molar-refractivity contribution in [1.29, 1.82) is 0 Å². The van der Waals surface area contributed by atoms with E-state index in [4.69, 9.17) is 0 Å². The van der Waals surface area contributed by atoms with E-state index in [1.807, 2.05) is 29.7 Å². The van der Waals surface area contributed by atoms with Gasteiger partial charge in [-0.15, -0.1) is 0 Å². The smallest absolute Gasteiger partial charge is 0.0522 e. The van der Waals surface area contributed by atoms with Gasteiger partial charge < -0.3 is 5.32 Å². The Hall–Kier alpha value is -0.480. The van der Waals surface area contributed by atoms with Crippen molar-refractivity contribution in [1.82, 2.24) is 15.1 Å². The predicted octanol–water partition coefficient (Wildman–Crippen LogP) is 1.69. The molecule has 4 heteroatoms. The average Bonchev–Trinajstić information content (AvgIpc) is 2.61. The van der Waals surface area contributed by atoms with Gasteiger partial charge in [0.15, 0.2) is 0 Å². The number of aryl methyl sites for hydroxylation is 1. The Morgan fingerprint density at radius 2 is 2.40 bits per heavy atom. The van der Waals surface area contributed by atoms with Crippen molar-refractivity contribution < 1.29 is 0 Å². The van der Waals surface area contributed by atoms with Crippen molar-refractivity contribution in [2.24, 2.45) is 7.05 Å². The van der Waals surface area contributed by atoms with Crippen molar-refractivity contribution >= 4 is 11.8 Å². The molecule has 0 saturated carbocycles. The number of aromatic nitrogens is 2. The highest BCUT2D eigenvalue weighted by Gasteiger charge is 2.01. The maximum atomic E-state index is 4.15. The van der Waals surface area contributed by atoms with Gasteiger partial charge in [0.25, 0.3) is 0 Å². The molecule has 0 aliphatic carbocycles. The maximum Gasteiger partial charge on any atom is 0.0522 e. The third-order valence-electron chi connectivity index (χ3n) is 2.24. The summed E-state index contributed by atoms with van der Waals surface area (Å²) >= 11 is 1.99. The Labute approximate surface area is 96.6 Å². The Morgan fingerprint density at radius 1 is 1.60 bits per heavy atom. The number of hydrogen-bond acceptors (Lipinski definition) is 3. The molecule has 3 nitrogen and oxygen atoms in total. The standard InChI is InChI=1S/C11H21N3S/c1-4-15-9-10(2)12-6-5-11-7-13-14(3)8-11/h7-8,10,12H,4-6,9H2,1-3H3. The number of thioether (sulfide) groups is 1. The lowest BCUT2D eigenvalue weighted by molar-refractivity contribution is 0.597. The second-order valence-electron chi connectivity index (χ2n) is 3.79. The summed E-state index contributed by atoms with van der Waals surface area (Å²) in [6.45, 7) is 5.48. The van der Waals surface area contributed by atoms with E-state index >= 15 is 0 Å². The minimum absolute atomic E-state index is 0.603. The van der Waals surface area contributed by atoms with Crippen LogP contribution < -0.4 is 5.32 Å². The van der Waals surface area contributed by atoms with Crippen LogP contribution in [0.1, 0.15) is 19.4 Å². The molecule has 1 rings (SSSR count). The molecule has 0 spiro atoms. The number of nitrogens with one attached hydrogen (secondary N) is 1. The molecule has 0 aliphatic heterocycles. The lowest BCUT2D eigenvalue weighted by atomic mass is 10.2. The van der Waals surface area contributed by atoms with Crippen LogP contribution in [0, 0.1) is 0 Å². The van der Waals surface area contributed by atoms with Gasteiger partial charge in [-0.3, -0.25) is 4.68 Å². The van der Waals surface area contributed by atoms with Gasteiger partial charge in [0.2, 0.25) is 0 Å². The molecule has 1 atom stereocenters. The number of hydrogen-bond donors (Lipinski definition) is 1. The van der Waals surface area contributed by atoms with E-state index in [0.717, 1.165) is 13.0 Å². The average molecular weight is 227 g/mol. The molecule has 15 heavy (non-hydrogen) atoms. The first-order chi connectivity index (χ1) is 7.22. The molecule has 0 radical (unpaired) electrons. The Bertz CT molecular complexity index is 273. The van der Waals surface area contributed by atoms with Gasteiger partial charge in [0.1, 0.15) is 0 Å². The lowest BCUT2D eigenvalue weighted by Gasteiger charge is -2.12. The monoisotopic (exact) mass is 227 g/mol. The molecule has 1 aromatic heterocycles. The zero-order chi connectivity index (χ0) is 11.1. The number of nitrogens with zero attached hydrogens (tertiary/aromatic N) is 2. The minimum Gasteiger partial charge on any atom is -0.313 e. The van der Waals surface area contributed by atoms with Crippen molar-refractivity contribution in [3.63, 3.8) is 0 Å². The van der Waals surface area contributed by atoms with Crippen LogP contribution in [0.15, 0.2) is 12.4 Å². The molecule has 0 bridgehead atoms. The van der Waals surface area contributed by atoms with Crippen LogP contribution in [0.3, 0.4) is 0 Å². The summed E-state index contributed by atoms with van der Waals surface area (Å²) in [5.74, 6) is 2.40. The molecule has 0 saturated heterocycles. The van der Waals surface area contributed by atoms with Crippen LogP contribution in [-0.2, 0) is 13.5 Å². The summed E-state index contributed by atoms with van der Waals surface area (Å²) < 4.78 is 1.85. The third kappa shape index (κ3) is 5.23. The Morgan fingerprint density at radius 3 is 3.00 bits per heavy atom. The highest BCUT2D eigenvalue weighted by atomic mass is 32.2. The van der Waals surface area contributed by atoms with Gasteiger partial charge in [0.05, 0.1) is 6.20 Å². The van der Waals surface area contributed by atoms with Crippen molar-refractivity contribution in [3.8, 4) is 0 Å². The fourth-order valence-electron chi connectivity index (χ4n) is 1.42. The Balaban J connectivity index is 2.10. The summed E-state index contributed by atoms with van der Waals surface area (Å²) in [5.41, 5.74) is 1.31. The fourth-order valence-corrected chi connectivity index (χ4v) is 2.12. The summed E-state index contributed by atoms with van der Waals surface area (Å²) in [5, 5.41) is 7.67. The van der Waals surface area contributed by atoms with Gasteiger partial charge in [0, 0.05) is 25.0 Å². The molecule has 0 aromatic carbocycles. The van der Waals surface area contributed by atoms with Crippen LogP contribution >= 0.6 is 11.8 Å². The first kappa shape index (κ1) is 12.6. The second-order valence-corrected chi connectivity index (χ2v) is 5.11. The fraction of sp³-hybridized carbons (Fsp3) is 0.727.